The number of rotatable bonds is 6. The van der Waals surface area contributed by atoms with Gasteiger partial charge in [-0.25, -0.2) is 0 Å². The molecule has 0 spiro atoms. The summed E-state index contributed by atoms with van der Waals surface area (Å²) >= 11 is 0. The third-order valence-electron chi connectivity index (χ3n) is 4.67. The van der Waals surface area contributed by atoms with E-state index in [9.17, 15) is 9.59 Å². The molecule has 0 saturated carbocycles. The van der Waals surface area contributed by atoms with Gasteiger partial charge >= 0.3 is 0 Å². The van der Waals surface area contributed by atoms with Crippen molar-refractivity contribution in [2.24, 2.45) is 0 Å². The Labute approximate surface area is 158 Å². The standard InChI is InChI=1S/C20H26N2O5/c1-14-11-22(12-15(2)27-14)19(23)6-8-21(13-17-5-4-9-26-17)20(24)18-7-10-25-16(18)3/h4-5,7,9-10,14-15H,6,8,11-13H2,1-3H3. The van der Waals surface area contributed by atoms with Gasteiger partial charge in [0.2, 0.25) is 5.91 Å². The third-order valence-corrected chi connectivity index (χ3v) is 4.67. The lowest BCUT2D eigenvalue weighted by molar-refractivity contribution is -0.143. The molecule has 3 rings (SSSR count). The second kappa shape index (κ2) is 8.43. The molecule has 1 aliphatic heterocycles. The molecule has 7 heteroatoms. The second-order valence-electron chi connectivity index (χ2n) is 7.00. The molecule has 1 fully saturated rings. The van der Waals surface area contributed by atoms with Crippen molar-refractivity contribution in [3.63, 3.8) is 0 Å². The molecule has 1 aliphatic rings. The predicted molar refractivity (Wildman–Crippen MR) is 98.1 cm³/mol. The molecule has 2 atom stereocenters. The highest BCUT2D eigenvalue weighted by molar-refractivity contribution is 5.95. The molecular formula is C20H26N2O5. The number of furan rings is 2. The summed E-state index contributed by atoms with van der Waals surface area (Å²) in [5, 5.41) is 0. The van der Waals surface area contributed by atoms with Gasteiger partial charge in [-0.05, 0) is 39.0 Å². The zero-order valence-electron chi connectivity index (χ0n) is 16.0. The topological polar surface area (TPSA) is 76.1 Å². The first-order valence-corrected chi connectivity index (χ1v) is 9.23. The van der Waals surface area contributed by atoms with Gasteiger partial charge in [-0.2, -0.15) is 0 Å². The van der Waals surface area contributed by atoms with Gasteiger partial charge in [0.15, 0.2) is 0 Å². The molecule has 1 saturated heterocycles. The minimum absolute atomic E-state index is 0.0205. The summed E-state index contributed by atoms with van der Waals surface area (Å²) in [4.78, 5) is 29.0. The van der Waals surface area contributed by atoms with Crippen LogP contribution >= 0.6 is 0 Å². The van der Waals surface area contributed by atoms with E-state index in [-0.39, 0.29) is 30.4 Å². The number of amides is 2. The molecule has 2 unspecified atom stereocenters. The van der Waals surface area contributed by atoms with E-state index in [2.05, 4.69) is 0 Å². The normalized spacial score (nSPS) is 19.9. The number of morpholine rings is 1. The van der Waals surface area contributed by atoms with Gasteiger partial charge in [-0.15, -0.1) is 0 Å². The van der Waals surface area contributed by atoms with Crippen LogP contribution in [-0.2, 0) is 16.1 Å². The number of ether oxygens (including phenoxy) is 1. The number of carbonyl (C=O) groups is 2. The first-order chi connectivity index (χ1) is 12.9. The minimum Gasteiger partial charge on any atom is -0.469 e. The summed E-state index contributed by atoms with van der Waals surface area (Å²) in [5.74, 6) is 1.09. The maximum absolute atomic E-state index is 12.9. The fourth-order valence-electron chi connectivity index (χ4n) is 3.39. The van der Waals surface area contributed by atoms with Gasteiger partial charge in [-0.3, -0.25) is 9.59 Å². The van der Waals surface area contributed by atoms with E-state index in [0.717, 1.165) is 0 Å². The van der Waals surface area contributed by atoms with E-state index in [4.69, 9.17) is 13.6 Å². The summed E-state index contributed by atoms with van der Waals surface area (Å²) < 4.78 is 16.3. The van der Waals surface area contributed by atoms with E-state index < -0.39 is 0 Å². The Morgan fingerprint density at radius 3 is 2.48 bits per heavy atom. The summed E-state index contributed by atoms with van der Waals surface area (Å²) in [6, 6.07) is 5.25. The first kappa shape index (κ1) is 19.2. The highest BCUT2D eigenvalue weighted by Crippen LogP contribution is 2.17. The summed E-state index contributed by atoms with van der Waals surface area (Å²) in [6.07, 6.45) is 3.36. The summed E-state index contributed by atoms with van der Waals surface area (Å²) in [6.45, 7) is 7.45. The van der Waals surface area contributed by atoms with E-state index in [1.54, 1.807) is 30.2 Å². The Morgan fingerprint density at radius 1 is 1.15 bits per heavy atom. The van der Waals surface area contributed by atoms with Gasteiger partial charge < -0.3 is 23.4 Å². The zero-order valence-corrected chi connectivity index (χ0v) is 16.0. The van der Waals surface area contributed by atoms with Gasteiger partial charge in [0.25, 0.3) is 5.91 Å². The highest BCUT2D eigenvalue weighted by Gasteiger charge is 2.27. The van der Waals surface area contributed by atoms with Gasteiger partial charge in [0, 0.05) is 26.1 Å². The fraction of sp³-hybridized carbons (Fsp3) is 0.500. The maximum Gasteiger partial charge on any atom is 0.257 e. The molecule has 2 aromatic heterocycles. The Morgan fingerprint density at radius 2 is 1.89 bits per heavy atom. The van der Waals surface area contributed by atoms with Crippen molar-refractivity contribution in [3.05, 3.63) is 47.8 Å². The van der Waals surface area contributed by atoms with Crippen LogP contribution in [0.1, 0.15) is 42.1 Å². The molecular weight excluding hydrogens is 348 g/mol. The zero-order chi connectivity index (χ0) is 19.4. The van der Waals surface area contributed by atoms with Gasteiger partial charge in [0.05, 0.1) is 36.8 Å². The van der Waals surface area contributed by atoms with Crippen molar-refractivity contribution in [2.45, 2.75) is 45.9 Å². The first-order valence-electron chi connectivity index (χ1n) is 9.23. The molecule has 3 heterocycles. The average Bonchev–Trinajstić information content (AvgIpc) is 3.28. The average molecular weight is 374 g/mol. The van der Waals surface area contributed by atoms with Crippen LogP contribution in [0.2, 0.25) is 0 Å². The molecule has 7 nitrogen and oxygen atoms in total. The lowest BCUT2D eigenvalue weighted by Crippen LogP contribution is -2.49. The summed E-state index contributed by atoms with van der Waals surface area (Å²) in [7, 11) is 0. The molecule has 0 radical (unpaired) electrons. The van der Waals surface area contributed by atoms with Crippen molar-refractivity contribution >= 4 is 11.8 Å². The largest absolute Gasteiger partial charge is 0.469 e. The van der Waals surface area contributed by atoms with Crippen LogP contribution in [0.25, 0.3) is 0 Å². The van der Waals surface area contributed by atoms with Crippen LogP contribution in [0.15, 0.2) is 39.6 Å². The van der Waals surface area contributed by atoms with Crippen LogP contribution in [0.4, 0.5) is 0 Å². The molecule has 0 N–H and O–H groups in total. The number of nitrogens with zero attached hydrogens (tertiary/aromatic N) is 2. The SMILES string of the molecule is Cc1occc1C(=O)N(CCC(=O)N1CC(C)OC(C)C1)Cc1ccco1. The highest BCUT2D eigenvalue weighted by atomic mass is 16.5. The lowest BCUT2D eigenvalue weighted by atomic mass is 10.2. The Hall–Kier alpha value is -2.54. The molecule has 146 valence electrons. The smallest absolute Gasteiger partial charge is 0.257 e. The monoisotopic (exact) mass is 374 g/mol. The third kappa shape index (κ3) is 4.80. The van der Waals surface area contributed by atoms with Gasteiger partial charge in [0.1, 0.15) is 11.5 Å². The van der Waals surface area contributed by atoms with Crippen molar-refractivity contribution in [2.75, 3.05) is 19.6 Å². The van der Waals surface area contributed by atoms with E-state index in [1.807, 2.05) is 24.8 Å². The molecule has 0 bridgehead atoms. The van der Waals surface area contributed by atoms with E-state index >= 15 is 0 Å². The van der Waals surface area contributed by atoms with Crippen LogP contribution in [-0.4, -0.2) is 53.5 Å². The second-order valence-corrected chi connectivity index (χ2v) is 7.00. The molecule has 2 amide bonds. The van der Waals surface area contributed by atoms with Gasteiger partial charge in [-0.1, -0.05) is 0 Å². The number of carbonyl (C=O) groups excluding carboxylic acids is 2. The minimum atomic E-state index is -0.172. The molecule has 27 heavy (non-hydrogen) atoms. The van der Waals surface area contributed by atoms with Crippen molar-refractivity contribution in [1.29, 1.82) is 0 Å². The molecule has 0 aromatic carbocycles. The van der Waals surface area contributed by atoms with Crippen molar-refractivity contribution in [3.8, 4) is 0 Å². The number of hydrogen-bond donors (Lipinski definition) is 0. The van der Waals surface area contributed by atoms with Crippen molar-refractivity contribution < 1.29 is 23.2 Å². The Kier molecular flexibility index (Phi) is 6.01. The predicted octanol–water partition coefficient (Wildman–Crippen LogP) is 2.85. The van der Waals surface area contributed by atoms with Crippen molar-refractivity contribution in [1.82, 2.24) is 9.80 Å². The fourth-order valence-corrected chi connectivity index (χ4v) is 3.39. The van der Waals surface area contributed by atoms with Crippen LogP contribution in [0, 0.1) is 6.92 Å². The Bertz CT molecular complexity index is 757. The van der Waals surface area contributed by atoms with Crippen LogP contribution in [0.5, 0.6) is 0 Å². The number of hydrogen-bond acceptors (Lipinski definition) is 5. The number of aryl methyl sites for hydroxylation is 1. The van der Waals surface area contributed by atoms with E-state index in [0.29, 0.717) is 43.3 Å². The lowest BCUT2D eigenvalue weighted by Gasteiger charge is -2.35. The Balaban J connectivity index is 1.67. The molecule has 0 aliphatic carbocycles. The van der Waals surface area contributed by atoms with Crippen LogP contribution < -0.4 is 0 Å². The van der Waals surface area contributed by atoms with Crippen LogP contribution in [0.3, 0.4) is 0 Å². The molecule has 2 aromatic rings. The van der Waals surface area contributed by atoms with E-state index in [1.165, 1.54) is 6.26 Å². The quantitative estimate of drug-likeness (QED) is 0.777. The summed E-state index contributed by atoms with van der Waals surface area (Å²) in [5.41, 5.74) is 0.502. The maximum atomic E-state index is 12.9.